The zero-order valence-electron chi connectivity index (χ0n) is 37.7. The predicted molar refractivity (Wildman–Crippen MR) is 242 cm³/mol. The van der Waals surface area contributed by atoms with Gasteiger partial charge in [0.1, 0.15) is 22.7 Å². The van der Waals surface area contributed by atoms with Gasteiger partial charge in [-0.1, -0.05) is 45.9 Å². The van der Waals surface area contributed by atoms with Crippen molar-refractivity contribution in [2.75, 3.05) is 44.5 Å². The zero-order chi connectivity index (χ0) is 46.4. The molecule has 16 heteroatoms. The van der Waals surface area contributed by atoms with Crippen LogP contribution in [0.25, 0.3) is 38.7 Å². The van der Waals surface area contributed by atoms with Gasteiger partial charge in [-0.15, -0.1) is 0 Å². The number of ether oxygens (including phenoxy) is 3. The molecular weight excluding hydrogens is 825 g/mol. The normalized spacial score (nSPS) is 34.2. The minimum absolute atomic E-state index is 0.0318. The van der Waals surface area contributed by atoms with E-state index >= 15 is 0 Å². The van der Waals surface area contributed by atoms with Gasteiger partial charge < -0.3 is 59.3 Å². The Hall–Kier alpha value is -5.52. The second-order valence-corrected chi connectivity index (χ2v) is 18.6. The fraction of sp³-hybridized carbons (Fsp3) is 0.500. The summed E-state index contributed by atoms with van der Waals surface area (Å²) >= 11 is 0. The van der Waals surface area contributed by atoms with Crippen LogP contribution in [-0.2, 0) is 14.3 Å². The van der Waals surface area contributed by atoms with E-state index in [1.807, 2.05) is 0 Å². The molecule has 6 N–H and O–H groups in total. The Kier molecular flexibility index (Phi) is 11.6. The molecule has 1 aromatic heterocycles. The molecule has 4 heterocycles. The van der Waals surface area contributed by atoms with Crippen LogP contribution in [0, 0.1) is 42.4 Å². The van der Waals surface area contributed by atoms with Crippen LogP contribution >= 0.6 is 0 Å². The Morgan fingerprint density at radius 3 is 2.22 bits per heavy atom. The van der Waals surface area contributed by atoms with Crippen molar-refractivity contribution in [2.24, 2.45) is 35.5 Å². The summed E-state index contributed by atoms with van der Waals surface area (Å²) in [4.78, 5) is 51.9. The summed E-state index contributed by atoms with van der Waals surface area (Å²) in [7, 11) is 5.57. The molecular formula is C48H58N4O12. The number of aromatic hydroxyl groups is 1. The van der Waals surface area contributed by atoms with Crippen LogP contribution in [0.2, 0.25) is 0 Å². The molecule has 2 fully saturated rings. The first-order chi connectivity index (χ1) is 30.2. The van der Waals surface area contributed by atoms with Crippen molar-refractivity contribution in [1.82, 2.24) is 9.88 Å². The number of methoxy groups -OCH3 is 1. The first-order valence-corrected chi connectivity index (χ1v) is 21.8. The molecule has 3 aromatic carbocycles. The molecule has 0 radical (unpaired) electrons. The molecule has 4 aromatic rings. The molecule has 1 aliphatic carbocycles. The summed E-state index contributed by atoms with van der Waals surface area (Å²) in [6, 6.07) is 3.66. The van der Waals surface area contributed by atoms with Crippen LogP contribution in [0.1, 0.15) is 47.1 Å². The number of piperidine rings is 1. The molecule has 8 rings (SSSR count). The maximum Gasteiger partial charge on any atom is 0.307 e. The summed E-state index contributed by atoms with van der Waals surface area (Å²) in [5.74, 6) is -5.25. The molecule has 3 aliphatic heterocycles. The predicted octanol–water partition coefficient (Wildman–Crippen LogP) is 3.99. The first-order valence-electron chi connectivity index (χ1n) is 21.8. The SMILES string of the molecule is CO[C@H]1/C=C/O[C@@]2(C)Oc3c(C)c(O)c4c(=O)c(c5oc6cc(N7C[C@@H]8C(N(C)C)[C@@H]8C7)cc(=O)c6nc5c4c3=C2O)NC(=O)/C(C)=C\C=C\[C@H](C)[C@H](O)[C@@H](C)[C@@H](O)[C@H](C)[C@H](O)[C@H]1C. The van der Waals surface area contributed by atoms with E-state index < -0.39 is 82.1 Å². The molecule has 4 bridgehead atoms. The highest BCUT2D eigenvalue weighted by Crippen LogP contribution is 2.49. The third-order valence-electron chi connectivity index (χ3n) is 14.3. The Morgan fingerprint density at radius 1 is 0.906 bits per heavy atom. The van der Waals surface area contributed by atoms with Crippen LogP contribution in [0.3, 0.4) is 0 Å². The number of fused-ring (bicyclic) bond motifs is 3. The van der Waals surface area contributed by atoms with Gasteiger partial charge in [-0.3, -0.25) is 14.4 Å². The topological polar surface area (TPSA) is 225 Å². The van der Waals surface area contributed by atoms with E-state index in [2.05, 4.69) is 29.2 Å². The fourth-order valence-electron chi connectivity index (χ4n) is 10.1. The molecule has 1 saturated carbocycles. The van der Waals surface area contributed by atoms with E-state index in [1.54, 1.807) is 45.9 Å². The Labute approximate surface area is 369 Å². The lowest BCUT2D eigenvalue weighted by atomic mass is 9.78. The van der Waals surface area contributed by atoms with Gasteiger partial charge >= 0.3 is 5.79 Å². The second kappa shape index (κ2) is 16.5. The number of aromatic nitrogens is 1. The number of benzene rings is 3. The van der Waals surface area contributed by atoms with E-state index in [0.29, 0.717) is 23.6 Å². The smallest absolute Gasteiger partial charge is 0.307 e. The summed E-state index contributed by atoms with van der Waals surface area (Å²) < 4.78 is 24.5. The van der Waals surface area contributed by atoms with Gasteiger partial charge in [-0.25, -0.2) is 4.98 Å². The molecule has 1 saturated heterocycles. The standard InChI is InChI=1S/C48H58N4O12/c1-20-12-11-13-21(2)47(60)50-37-43(58)33-32(36-45(37)63-31-17-26(16-29(53)35(31)49-36)52-18-27-28(19-52)38(27)51(8)9)34-44(25(6)42(33)57)64-48(7,46(34)59)62-15-14-30(61-10)22(3)40(55)24(5)41(56)23(4)39(20)54/h11-17,20,22-24,27-28,30,38-41,54-57,59H,18-19H2,1-10H3,(H,50,60)/b12-11+,15-14+,21-13-/t20-,22-,23+,24+,27-,28+,30-,38?,39-,40+,41+,48-/m0/s1. The first kappa shape index (κ1) is 45.1. The van der Waals surface area contributed by atoms with E-state index in [0.717, 1.165) is 13.1 Å². The molecule has 64 heavy (non-hydrogen) atoms. The number of carbonyl (C=O) groups excluding carboxylic acids is 1. The zero-order valence-corrected chi connectivity index (χ0v) is 37.7. The third kappa shape index (κ3) is 7.28. The molecule has 4 aliphatic rings. The number of nitrogens with one attached hydrogen (secondary N) is 1. The lowest BCUT2D eigenvalue weighted by Gasteiger charge is -2.36. The number of rotatable bonds is 3. The fourth-order valence-corrected chi connectivity index (χ4v) is 10.1. The van der Waals surface area contributed by atoms with E-state index in [1.165, 1.54) is 52.4 Å². The average Bonchev–Trinajstić information content (AvgIpc) is 3.65. The van der Waals surface area contributed by atoms with Crippen molar-refractivity contribution in [3.05, 3.63) is 79.5 Å². The number of carbonyl (C=O) groups is 1. The number of phenols is 1. The number of anilines is 2. The molecule has 342 valence electrons. The Bertz CT molecular complexity index is 2830. The lowest BCUT2D eigenvalue weighted by molar-refractivity contribution is -0.112. The van der Waals surface area contributed by atoms with Gasteiger partial charge in [0, 0.05) is 91.2 Å². The summed E-state index contributed by atoms with van der Waals surface area (Å²) in [6.45, 7) is 12.8. The number of aliphatic hydroxyl groups excluding tert-OH is 4. The summed E-state index contributed by atoms with van der Waals surface area (Å²) in [5.41, 5.74) is -1.18. The summed E-state index contributed by atoms with van der Waals surface area (Å²) in [5, 5.41) is 60.2. The van der Waals surface area contributed by atoms with Crippen LogP contribution < -0.4 is 31.0 Å². The molecule has 16 nitrogen and oxygen atoms in total. The number of phenolic OH excluding ortho intramolecular Hbond substituents is 1. The maximum absolute atomic E-state index is 14.8. The van der Waals surface area contributed by atoms with Gasteiger partial charge in [0.05, 0.1) is 41.3 Å². The average molecular weight is 883 g/mol. The van der Waals surface area contributed by atoms with Gasteiger partial charge in [0.25, 0.3) is 5.91 Å². The van der Waals surface area contributed by atoms with Crippen molar-refractivity contribution >= 4 is 56.0 Å². The van der Waals surface area contributed by atoms with Crippen molar-refractivity contribution in [3.8, 4) is 11.5 Å². The number of allylic oxidation sites excluding steroid dienone is 2. The minimum Gasteiger partial charge on any atom is -0.507 e. The van der Waals surface area contributed by atoms with Crippen molar-refractivity contribution in [3.63, 3.8) is 0 Å². The van der Waals surface area contributed by atoms with Gasteiger partial charge in [-0.05, 0) is 45.9 Å². The number of nitrogens with zero attached hydrogens (tertiary/aromatic N) is 3. The van der Waals surface area contributed by atoms with Crippen molar-refractivity contribution in [2.45, 2.75) is 84.7 Å². The highest BCUT2D eigenvalue weighted by atomic mass is 16.7. The number of amides is 1. The number of aliphatic hydroxyl groups is 4. The van der Waals surface area contributed by atoms with E-state index in [-0.39, 0.29) is 60.8 Å². The molecule has 1 unspecified atom stereocenters. The second-order valence-electron chi connectivity index (χ2n) is 18.6. The minimum atomic E-state index is -1.95. The van der Waals surface area contributed by atoms with Crippen molar-refractivity contribution < 1.29 is 49.0 Å². The monoisotopic (exact) mass is 882 g/mol. The molecule has 12 atom stereocenters. The number of hydrogen-bond acceptors (Lipinski definition) is 15. The Morgan fingerprint density at radius 2 is 1.56 bits per heavy atom. The van der Waals surface area contributed by atoms with Crippen LogP contribution in [0.15, 0.2) is 62.3 Å². The van der Waals surface area contributed by atoms with Crippen LogP contribution in [-0.4, -0.2) is 112 Å². The van der Waals surface area contributed by atoms with Gasteiger partial charge in [0.2, 0.25) is 10.9 Å². The van der Waals surface area contributed by atoms with Gasteiger partial charge in [0.15, 0.2) is 22.4 Å². The highest BCUT2D eigenvalue weighted by molar-refractivity contribution is 6.16. The third-order valence-corrected chi connectivity index (χ3v) is 14.3. The largest absolute Gasteiger partial charge is 0.507 e. The highest BCUT2D eigenvalue weighted by Gasteiger charge is 2.57. The number of hydrogen-bond donors (Lipinski definition) is 6. The van der Waals surface area contributed by atoms with E-state index in [4.69, 9.17) is 23.6 Å². The maximum atomic E-state index is 14.8. The summed E-state index contributed by atoms with van der Waals surface area (Å²) in [6.07, 6.45) is 3.50. The van der Waals surface area contributed by atoms with Crippen LogP contribution in [0.5, 0.6) is 11.5 Å². The van der Waals surface area contributed by atoms with Crippen molar-refractivity contribution in [1.29, 1.82) is 0 Å². The Balaban J connectivity index is 1.34. The van der Waals surface area contributed by atoms with Crippen LogP contribution in [0.4, 0.5) is 11.4 Å². The van der Waals surface area contributed by atoms with E-state index in [9.17, 15) is 39.9 Å². The molecule has 0 spiro atoms. The lowest BCUT2D eigenvalue weighted by Crippen LogP contribution is -2.44. The van der Waals surface area contributed by atoms with Gasteiger partial charge in [-0.2, -0.15) is 0 Å². The molecule has 1 amide bonds. The quantitative estimate of drug-likeness (QED) is 0.127.